The summed E-state index contributed by atoms with van der Waals surface area (Å²) >= 11 is 6.91. The fraction of sp³-hybridized carbons (Fsp3) is 0.0833. The predicted molar refractivity (Wildman–Crippen MR) is 78.5 cm³/mol. The van der Waals surface area contributed by atoms with Gasteiger partial charge in [0.25, 0.3) is 0 Å². The van der Waals surface area contributed by atoms with Gasteiger partial charge in [-0.2, -0.15) is 0 Å². The maximum atomic E-state index is 5.73. The van der Waals surface area contributed by atoms with E-state index in [0.717, 1.165) is 26.1 Å². The van der Waals surface area contributed by atoms with Crippen molar-refractivity contribution in [1.82, 2.24) is 4.98 Å². The lowest BCUT2D eigenvalue weighted by molar-refractivity contribution is 1.20. The molecule has 88 valence electrons. The topological polar surface area (TPSA) is 50.9 Å². The molecule has 2 rings (SSSR count). The zero-order valence-electron chi connectivity index (χ0n) is 9.17. The van der Waals surface area contributed by atoms with E-state index in [1.807, 2.05) is 37.3 Å². The van der Waals surface area contributed by atoms with Crippen LogP contribution in [-0.2, 0) is 0 Å². The number of anilines is 3. The van der Waals surface area contributed by atoms with E-state index in [-0.39, 0.29) is 0 Å². The van der Waals surface area contributed by atoms with Crippen molar-refractivity contribution in [2.75, 3.05) is 11.1 Å². The van der Waals surface area contributed by atoms with Crippen LogP contribution in [0.25, 0.3) is 0 Å². The third kappa shape index (κ3) is 2.98. The van der Waals surface area contributed by atoms with E-state index in [4.69, 9.17) is 5.73 Å². The molecule has 0 aliphatic rings. The van der Waals surface area contributed by atoms with Crippen molar-refractivity contribution < 1.29 is 0 Å². The first-order chi connectivity index (χ1) is 8.06. The SMILES string of the molecule is Cc1nc(Nc2ccc(Br)cc2Br)ccc1N. The van der Waals surface area contributed by atoms with Crippen LogP contribution in [0.5, 0.6) is 0 Å². The molecule has 3 N–H and O–H groups in total. The number of hydrogen-bond acceptors (Lipinski definition) is 3. The molecule has 0 amide bonds. The Morgan fingerprint density at radius 3 is 2.59 bits per heavy atom. The second-order valence-electron chi connectivity index (χ2n) is 3.62. The minimum atomic E-state index is 0.699. The van der Waals surface area contributed by atoms with Crippen molar-refractivity contribution >= 4 is 49.1 Å². The van der Waals surface area contributed by atoms with Gasteiger partial charge in [-0.25, -0.2) is 4.98 Å². The van der Waals surface area contributed by atoms with Gasteiger partial charge in [0, 0.05) is 8.95 Å². The van der Waals surface area contributed by atoms with E-state index in [1.165, 1.54) is 0 Å². The lowest BCUT2D eigenvalue weighted by atomic mass is 10.3. The molecule has 0 spiro atoms. The standard InChI is InChI=1S/C12H11Br2N3/c1-7-10(15)3-5-12(16-7)17-11-4-2-8(13)6-9(11)14/h2-6H,15H2,1H3,(H,16,17). The Morgan fingerprint density at radius 1 is 1.18 bits per heavy atom. The minimum absolute atomic E-state index is 0.699. The molecule has 0 saturated heterocycles. The van der Waals surface area contributed by atoms with Gasteiger partial charge < -0.3 is 11.1 Å². The number of nitrogens with two attached hydrogens (primary N) is 1. The molecule has 0 unspecified atom stereocenters. The lowest BCUT2D eigenvalue weighted by Gasteiger charge is -2.09. The fourth-order valence-corrected chi connectivity index (χ4v) is 2.52. The van der Waals surface area contributed by atoms with Crippen LogP contribution in [0.1, 0.15) is 5.69 Å². The number of halogens is 2. The number of aryl methyl sites for hydroxylation is 1. The average molecular weight is 357 g/mol. The van der Waals surface area contributed by atoms with Crippen LogP contribution in [-0.4, -0.2) is 4.98 Å². The summed E-state index contributed by atoms with van der Waals surface area (Å²) in [5, 5.41) is 3.23. The predicted octanol–water partition coefficient (Wildman–Crippen LogP) is 4.24. The van der Waals surface area contributed by atoms with Gasteiger partial charge in [-0.3, -0.25) is 0 Å². The summed E-state index contributed by atoms with van der Waals surface area (Å²) in [6.07, 6.45) is 0. The number of aromatic nitrogens is 1. The Bertz CT molecular complexity index is 555. The molecule has 5 heteroatoms. The second kappa shape index (κ2) is 5.06. The molecule has 0 aliphatic heterocycles. The first-order valence-corrected chi connectivity index (χ1v) is 6.60. The number of nitrogen functional groups attached to an aromatic ring is 1. The molecular weight excluding hydrogens is 346 g/mol. The molecule has 17 heavy (non-hydrogen) atoms. The molecule has 0 aliphatic carbocycles. The number of pyridine rings is 1. The van der Waals surface area contributed by atoms with Crippen LogP contribution in [0, 0.1) is 6.92 Å². The smallest absolute Gasteiger partial charge is 0.130 e. The van der Waals surface area contributed by atoms with Crippen molar-refractivity contribution in [3.63, 3.8) is 0 Å². The maximum absolute atomic E-state index is 5.73. The summed E-state index contributed by atoms with van der Waals surface area (Å²) in [5.41, 5.74) is 8.21. The molecule has 0 bridgehead atoms. The van der Waals surface area contributed by atoms with E-state index in [2.05, 4.69) is 42.2 Å². The van der Waals surface area contributed by atoms with Gasteiger partial charge in [-0.15, -0.1) is 0 Å². The fourth-order valence-electron chi connectivity index (χ4n) is 1.37. The maximum Gasteiger partial charge on any atom is 0.130 e. The van der Waals surface area contributed by atoms with Crippen LogP contribution in [0.2, 0.25) is 0 Å². The van der Waals surface area contributed by atoms with E-state index in [0.29, 0.717) is 5.69 Å². The molecule has 0 atom stereocenters. The molecule has 0 radical (unpaired) electrons. The molecule has 0 fully saturated rings. The van der Waals surface area contributed by atoms with Crippen LogP contribution >= 0.6 is 31.9 Å². The third-order valence-corrected chi connectivity index (χ3v) is 3.47. The zero-order chi connectivity index (χ0) is 12.4. The largest absolute Gasteiger partial charge is 0.397 e. The number of benzene rings is 1. The van der Waals surface area contributed by atoms with Gasteiger partial charge in [0.2, 0.25) is 0 Å². The summed E-state index contributed by atoms with van der Waals surface area (Å²) in [5.74, 6) is 0.778. The average Bonchev–Trinajstić information content (AvgIpc) is 2.27. The van der Waals surface area contributed by atoms with E-state index in [9.17, 15) is 0 Å². The summed E-state index contributed by atoms with van der Waals surface area (Å²) in [4.78, 5) is 4.36. The number of hydrogen-bond donors (Lipinski definition) is 2. The molecule has 1 heterocycles. The Hall–Kier alpha value is -1.07. The second-order valence-corrected chi connectivity index (χ2v) is 5.39. The van der Waals surface area contributed by atoms with Crippen molar-refractivity contribution in [2.45, 2.75) is 6.92 Å². The molecule has 0 saturated carbocycles. The van der Waals surface area contributed by atoms with Crippen LogP contribution in [0.15, 0.2) is 39.3 Å². The quantitative estimate of drug-likeness (QED) is 0.846. The van der Waals surface area contributed by atoms with Gasteiger partial charge in [-0.1, -0.05) is 15.9 Å². The Balaban J connectivity index is 2.28. The summed E-state index contributed by atoms with van der Waals surface area (Å²) in [6, 6.07) is 9.62. The summed E-state index contributed by atoms with van der Waals surface area (Å²) < 4.78 is 2.00. The van der Waals surface area contributed by atoms with E-state index < -0.39 is 0 Å². The summed E-state index contributed by atoms with van der Waals surface area (Å²) in [7, 11) is 0. The number of nitrogens with one attached hydrogen (secondary N) is 1. The number of rotatable bonds is 2. The van der Waals surface area contributed by atoms with E-state index >= 15 is 0 Å². The molecule has 2 aromatic rings. The first-order valence-electron chi connectivity index (χ1n) is 5.01. The summed E-state index contributed by atoms with van der Waals surface area (Å²) in [6.45, 7) is 1.89. The van der Waals surface area contributed by atoms with Gasteiger partial charge >= 0.3 is 0 Å². The highest BCUT2D eigenvalue weighted by molar-refractivity contribution is 9.11. The van der Waals surface area contributed by atoms with Gasteiger partial charge in [0.1, 0.15) is 5.82 Å². The van der Waals surface area contributed by atoms with Crippen molar-refractivity contribution in [3.8, 4) is 0 Å². The Kier molecular flexibility index (Phi) is 3.69. The van der Waals surface area contributed by atoms with Crippen molar-refractivity contribution in [3.05, 3.63) is 45.0 Å². The van der Waals surface area contributed by atoms with Crippen molar-refractivity contribution in [2.24, 2.45) is 0 Å². The molecular formula is C12H11Br2N3. The first kappa shape index (κ1) is 12.4. The Labute approximate surface area is 117 Å². The zero-order valence-corrected chi connectivity index (χ0v) is 12.3. The van der Waals surface area contributed by atoms with E-state index in [1.54, 1.807) is 0 Å². The van der Waals surface area contributed by atoms with Gasteiger partial charge in [-0.05, 0) is 53.2 Å². The lowest BCUT2D eigenvalue weighted by Crippen LogP contribution is -1.98. The van der Waals surface area contributed by atoms with Gasteiger partial charge in [0.05, 0.1) is 17.1 Å². The van der Waals surface area contributed by atoms with Crippen LogP contribution in [0.4, 0.5) is 17.2 Å². The third-order valence-electron chi connectivity index (χ3n) is 2.32. The monoisotopic (exact) mass is 355 g/mol. The highest BCUT2D eigenvalue weighted by atomic mass is 79.9. The van der Waals surface area contributed by atoms with Crippen LogP contribution < -0.4 is 11.1 Å². The number of nitrogens with zero attached hydrogens (tertiary/aromatic N) is 1. The van der Waals surface area contributed by atoms with Crippen LogP contribution in [0.3, 0.4) is 0 Å². The minimum Gasteiger partial charge on any atom is -0.397 e. The molecule has 1 aromatic carbocycles. The normalized spacial score (nSPS) is 10.3. The molecule has 1 aromatic heterocycles. The highest BCUT2D eigenvalue weighted by Crippen LogP contribution is 2.28. The van der Waals surface area contributed by atoms with Crippen molar-refractivity contribution in [1.29, 1.82) is 0 Å². The highest BCUT2D eigenvalue weighted by Gasteiger charge is 2.03. The molecule has 3 nitrogen and oxygen atoms in total. The van der Waals surface area contributed by atoms with Gasteiger partial charge in [0.15, 0.2) is 0 Å². The Morgan fingerprint density at radius 2 is 1.94 bits per heavy atom.